The maximum atomic E-state index is 13.5. The van der Waals surface area contributed by atoms with E-state index in [0.717, 1.165) is 10.9 Å². The number of carbonyl (C=O) groups is 1. The van der Waals surface area contributed by atoms with Gasteiger partial charge in [-0.05, 0) is 50.7 Å². The highest BCUT2D eigenvalue weighted by molar-refractivity contribution is 7.12. The van der Waals surface area contributed by atoms with Gasteiger partial charge in [-0.2, -0.15) is 0 Å². The first-order valence-electron chi connectivity index (χ1n) is 9.73. The summed E-state index contributed by atoms with van der Waals surface area (Å²) in [6.07, 6.45) is 8.28. The van der Waals surface area contributed by atoms with E-state index in [1.165, 1.54) is 61.4 Å². The molecule has 1 saturated heterocycles. The molecule has 2 aliphatic rings. The summed E-state index contributed by atoms with van der Waals surface area (Å²) < 4.78 is 1.12. The van der Waals surface area contributed by atoms with Gasteiger partial charge in [0.2, 0.25) is 0 Å². The van der Waals surface area contributed by atoms with E-state index in [4.69, 9.17) is 0 Å². The van der Waals surface area contributed by atoms with Gasteiger partial charge in [0, 0.05) is 29.0 Å². The molecular formula is C21H34INOS. The monoisotopic (exact) mass is 475 g/mol. The Kier molecular flexibility index (Phi) is 7.17. The maximum Gasteiger partial charge on any atom is 0.144 e. The quantitative estimate of drug-likeness (QED) is 0.470. The van der Waals surface area contributed by atoms with Gasteiger partial charge in [0.25, 0.3) is 0 Å². The Hall–Kier alpha value is 0.0600. The van der Waals surface area contributed by atoms with Crippen LogP contribution in [0.5, 0.6) is 0 Å². The first-order valence-corrected chi connectivity index (χ1v) is 10.5. The van der Waals surface area contributed by atoms with E-state index in [-0.39, 0.29) is 29.4 Å². The Morgan fingerprint density at radius 1 is 1.16 bits per heavy atom. The number of piperidine rings is 1. The number of halogens is 1. The lowest BCUT2D eigenvalue weighted by Crippen LogP contribution is -3.00. The predicted octanol–water partition coefficient (Wildman–Crippen LogP) is 1.95. The van der Waals surface area contributed by atoms with E-state index >= 15 is 0 Å². The molecule has 3 rings (SSSR count). The number of rotatable bonds is 5. The van der Waals surface area contributed by atoms with Crippen molar-refractivity contribution >= 4 is 17.1 Å². The number of carbonyl (C=O) groups excluding carboxylic acids is 1. The van der Waals surface area contributed by atoms with Crippen LogP contribution in [-0.2, 0) is 10.2 Å². The van der Waals surface area contributed by atoms with Crippen LogP contribution in [0.1, 0.15) is 61.6 Å². The van der Waals surface area contributed by atoms with Gasteiger partial charge in [-0.1, -0.05) is 12.8 Å². The molecule has 2 heterocycles. The molecule has 0 aromatic carbocycles. The van der Waals surface area contributed by atoms with Gasteiger partial charge < -0.3 is 28.5 Å². The number of nitrogens with zero attached hydrogens (tertiary/aromatic N) is 1. The van der Waals surface area contributed by atoms with E-state index in [9.17, 15) is 4.79 Å². The fourth-order valence-electron chi connectivity index (χ4n) is 4.78. The second kappa shape index (κ2) is 8.39. The van der Waals surface area contributed by atoms with Crippen molar-refractivity contribution in [3.05, 3.63) is 21.9 Å². The van der Waals surface area contributed by atoms with Crippen molar-refractivity contribution in [1.82, 2.24) is 0 Å². The second-order valence-corrected chi connectivity index (χ2v) is 10.3. The fourth-order valence-corrected chi connectivity index (χ4v) is 5.89. The minimum Gasteiger partial charge on any atom is -1.00 e. The Morgan fingerprint density at radius 3 is 2.28 bits per heavy atom. The Balaban J connectivity index is 0.00000225. The van der Waals surface area contributed by atoms with E-state index in [1.54, 1.807) is 0 Å². The largest absolute Gasteiger partial charge is 1.00 e. The summed E-state index contributed by atoms with van der Waals surface area (Å²) in [7, 11) is 4.63. The van der Waals surface area contributed by atoms with Gasteiger partial charge in [0.1, 0.15) is 5.78 Å². The van der Waals surface area contributed by atoms with Crippen molar-refractivity contribution in [3.8, 4) is 0 Å². The van der Waals surface area contributed by atoms with Gasteiger partial charge in [0.15, 0.2) is 0 Å². The van der Waals surface area contributed by atoms with Crippen LogP contribution in [0.2, 0.25) is 0 Å². The lowest BCUT2D eigenvalue weighted by molar-refractivity contribution is -0.896. The van der Waals surface area contributed by atoms with E-state index in [2.05, 4.69) is 40.1 Å². The molecule has 1 aromatic heterocycles. The van der Waals surface area contributed by atoms with Crippen LogP contribution >= 0.6 is 11.3 Å². The summed E-state index contributed by atoms with van der Waals surface area (Å²) in [4.78, 5) is 16.1. The highest BCUT2D eigenvalue weighted by Crippen LogP contribution is 2.46. The van der Waals surface area contributed by atoms with Gasteiger partial charge in [0.05, 0.1) is 32.6 Å². The zero-order valence-corrected chi connectivity index (χ0v) is 19.3. The first kappa shape index (κ1) is 21.4. The van der Waals surface area contributed by atoms with Crippen LogP contribution in [-0.4, -0.2) is 37.5 Å². The van der Waals surface area contributed by atoms with Crippen LogP contribution in [0.25, 0.3) is 0 Å². The van der Waals surface area contributed by atoms with E-state index in [1.807, 2.05) is 11.3 Å². The van der Waals surface area contributed by atoms with Crippen molar-refractivity contribution in [1.29, 1.82) is 0 Å². The zero-order valence-electron chi connectivity index (χ0n) is 16.3. The molecule has 1 saturated carbocycles. The lowest BCUT2D eigenvalue weighted by atomic mass is 9.69. The summed E-state index contributed by atoms with van der Waals surface area (Å²) in [6, 6.07) is 4.43. The van der Waals surface area contributed by atoms with Crippen molar-refractivity contribution in [2.75, 3.05) is 27.2 Å². The molecule has 4 heteroatoms. The van der Waals surface area contributed by atoms with Crippen molar-refractivity contribution in [2.45, 2.75) is 64.2 Å². The molecule has 1 aliphatic carbocycles. The van der Waals surface area contributed by atoms with Gasteiger partial charge >= 0.3 is 0 Å². The molecule has 142 valence electrons. The van der Waals surface area contributed by atoms with Crippen molar-refractivity contribution in [2.24, 2.45) is 11.8 Å². The zero-order chi connectivity index (χ0) is 17.4. The molecule has 0 amide bonds. The third-order valence-electron chi connectivity index (χ3n) is 6.76. The summed E-state index contributed by atoms with van der Waals surface area (Å²) >= 11 is 1.85. The minimum atomic E-state index is -0.239. The van der Waals surface area contributed by atoms with Gasteiger partial charge in [-0.3, -0.25) is 4.79 Å². The number of ketones is 1. The Bertz CT molecular complexity index is 580. The molecule has 1 aliphatic heterocycles. The van der Waals surface area contributed by atoms with Crippen LogP contribution in [0.4, 0.5) is 0 Å². The Morgan fingerprint density at radius 2 is 1.76 bits per heavy atom. The molecule has 25 heavy (non-hydrogen) atoms. The summed E-state index contributed by atoms with van der Waals surface area (Å²) in [5, 5.41) is 0. The highest BCUT2D eigenvalue weighted by Gasteiger charge is 2.45. The van der Waals surface area contributed by atoms with E-state index < -0.39 is 0 Å². The van der Waals surface area contributed by atoms with Crippen LogP contribution in [0, 0.1) is 18.8 Å². The highest BCUT2D eigenvalue weighted by atomic mass is 127. The van der Waals surface area contributed by atoms with Gasteiger partial charge in [-0.15, -0.1) is 11.3 Å². The average Bonchev–Trinajstić information content (AvgIpc) is 3.20. The van der Waals surface area contributed by atoms with Crippen LogP contribution in [0.15, 0.2) is 12.1 Å². The molecule has 1 atom stereocenters. The second-order valence-electron chi connectivity index (χ2n) is 9.05. The number of thiophene rings is 1. The molecule has 0 N–H and O–H groups in total. The van der Waals surface area contributed by atoms with Crippen molar-refractivity contribution < 1.29 is 33.3 Å². The summed E-state index contributed by atoms with van der Waals surface area (Å²) in [6.45, 7) is 6.86. The first-order chi connectivity index (χ1) is 11.3. The topological polar surface area (TPSA) is 17.1 Å². The predicted molar refractivity (Wildman–Crippen MR) is 103 cm³/mol. The van der Waals surface area contributed by atoms with Crippen LogP contribution < -0.4 is 24.0 Å². The van der Waals surface area contributed by atoms with Gasteiger partial charge in [-0.25, -0.2) is 0 Å². The number of aryl methyl sites for hydroxylation is 1. The molecular weight excluding hydrogens is 441 g/mol. The fraction of sp³-hybridized carbons (Fsp3) is 0.762. The number of Topliss-reactive ketones (excluding diaryl/α,β-unsaturated/α-hetero) is 1. The van der Waals surface area contributed by atoms with E-state index in [0.29, 0.717) is 17.6 Å². The molecule has 1 unspecified atom stereocenters. The molecule has 0 spiro atoms. The minimum absolute atomic E-state index is 0. The number of quaternary nitrogens is 1. The molecule has 0 radical (unpaired) electrons. The third-order valence-corrected chi connectivity index (χ3v) is 8.00. The maximum absolute atomic E-state index is 13.5. The Labute approximate surface area is 175 Å². The smallest absolute Gasteiger partial charge is 0.144 e. The van der Waals surface area contributed by atoms with Crippen LogP contribution in [0.3, 0.4) is 0 Å². The number of hydrogen-bond donors (Lipinski definition) is 0. The van der Waals surface area contributed by atoms with Crippen molar-refractivity contribution in [3.63, 3.8) is 0 Å². The number of hydrogen-bond acceptors (Lipinski definition) is 2. The lowest BCUT2D eigenvalue weighted by Gasteiger charge is -2.39. The normalized spacial score (nSPS) is 23.8. The third kappa shape index (κ3) is 4.67. The standard InChI is InChI=1S/C21H34NOS.HI/c1-16-9-10-20(24-16)21(2,18-7-5-6-8-18)19(23)15-17-11-13-22(3,4)14-12-17;/h9-10,17-18H,5-8,11-15H2,1-4H3;1H/q+1;/p-1. The molecule has 1 aromatic rings. The molecule has 2 nitrogen and oxygen atoms in total. The number of likely N-dealkylation sites (tertiary alicyclic amines) is 1. The molecule has 0 bridgehead atoms. The average molecular weight is 475 g/mol. The summed E-state index contributed by atoms with van der Waals surface area (Å²) in [5.41, 5.74) is -0.239. The summed E-state index contributed by atoms with van der Waals surface area (Å²) in [5.74, 6) is 1.68. The molecule has 2 fully saturated rings. The SMILES string of the molecule is Cc1ccc(C(C)(C(=O)CC2CC[N+](C)(C)CC2)C2CCCC2)s1.[I-].